The summed E-state index contributed by atoms with van der Waals surface area (Å²) < 4.78 is 5.42. The summed E-state index contributed by atoms with van der Waals surface area (Å²) in [7, 11) is 0. The van der Waals surface area contributed by atoms with Crippen LogP contribution in [0.15, 0.2) is 30.3 Å². The average Bonchev–Trinajstić information content (AvgIpc) is 3.14. The molecule has 0 unspecified atom stereocenters. The number of amides is 1. The highest BCUT2D eigenvalue weighted by Crippen LogP contribution is 2.29. The zero-order valence-corrected chi connectivity index (χ0v) is 11.3. The highest BCUT2D eigenvalue weighted by atomic mass is 16.5. The second-order valence-corrected chi connectivity index (χ2v) is 5.67. The van der Waals surface area contributed by atoms with Crippen molar-refractivity contribution in [2.75, 3.05) is 19.8 Å². The smallest absolute Gasteiger partial charge is 0.227 e. The summed E-state index contributed by atoms with van der Waals surface area (Å²) in [5, 5.41) is 0. The number of carbonyl (C=O) groups is 1. The van der Waals surface area contributed by atoms with Gasteiger partial charge in [-0.15, -0.1) is 0 Å². The minimum absolute atomic E-state index is 0.278. The summed E-state index contributed by atoms with van der Waals surface area (Å²) in [6, 6.07) is 10.5. The predicted octanol–water partition coefficient (Wildman–Crippen LogP) is 2.26. The predicted molar refractivity (Wildman–Crippen MR) is 73.8 cm³/mol. The molecule has 3 rings (SSSR count). The number of benzene rings is 1. The first-order chi connectivity index (χ1) is 9.33. The van der Waals surface area contributed by atoms with Gasteiger partial charge in [-0.1, -0.05) is 30.3 Å². The van der Waals surface area contributed by atoms with Gasteiger partial charge in [-0.05, 0) is 24.8 Å². The van der Waals surface area contributed by atoms with Crippen molar-refractivity contribution in [1.82, 2.24) is 4.90 Å². The van der Waals surface area contributed by atoms with E-state index in [4.69, 9.17) is 4.74 Å². The molecule has 1 aliphatic heterocycles. The first kappa shape index (κ1) is 12.7. The van der Waals surface area contributed by atoms with Gasteiger partial charge in [-0.2, -0.15) is 0 Å². The number of nitrogens with zero attached hydrogens (tertiary/aromatic N) is 1. The third-order valence-corrected chi connectivity index (χ3v) is 3.99. The van der Waals surface area contributed by atoms with Crippen molar-refractivity contribution in [2.24, 2.45) is 5.92 Å². The van der Waals surface area contributed by atoms with E-state index in [0.717, 1.165) is 31.7 Å². The fourth-order valence-corrected chi connectivity index (χ4v) is 2.72. The van der Waals surface area contributed by atoms with Crippen LogP contribution in [0.4, 0.5) is 0 Å². The van der Waals surface area contributed by atoms with Crippen LogP contribution in [0.2, 0.25) is 0 Å². The van der Waals surface area contributed by atoms with Crippen molar-refractivity contribution >= 4 is 5.91 Å². The van der Waals surface area contributed by atoms with E-state index in [2.05, 4.69) is 4.90 Å². The Labute approximate surface area is 114 Å². The molecule has 2 aliphatic rings. The van der Waals surface area contributed by atoms with E-state index < -0.39 is 0 Å². The lowest BCUT2D eigenvalue weighted by Gasteiger charge is -2.25. The van der Waals surface area contributed by atoms with Crippen LogP contribution in [0.3, 0.4) is 0 Å². The molecule has 1 saturated carbocycles. The molecule has 3 nitrogen and oxygen atoms in total. The Kier molecular flexibility index (Phi) is 3.83. The maximum atomic E-state index is 12.5. The molecule has 19 heavy (non-hydrogen) atoms. The van der Waals surface area contributed by atoms with Crippen molar-refractivity contribution in [3.05, 3.63) is 35.9 Å². The van der Waals surface area contributed by atoms with Crippen LogP contribution in [0.25, 0.3) is 0 Å². The molecular formula is C16H21NO2. The molecule has 1 aliphatic carbocycles. The molecule has 0 spiro atoms. The molecule has 3 heteroatoms. The van der Waals surface area contributed by atoms with Gasteiger partial charge in [0.05, 0.1) is 13.0 Å². The van der Waals surface area contributed by atoms with Gasteiger partial charge >= 0.3 is 0 Å². The van der Waals surface area contributed by atoms with Crippen LogP contribution >= 0.6 is 0 Å². The highest BCUT2D eigenvalue weighted by molar-refractivity contribution is 5.79. The average molecular weight is 259 g/mol. The standard InChI is InChI=1S/C16H21NO2/c18-16(10-13-4-2-1-3-5-13)17(15-6-7-15)11-14-8-9-19-12-14/h1-5,14-15H,6-12H2/t14-/m0/s1. The Bertz CT molecular complexity index is 422. The first-order valence-electron chi connectivity index (χ1n) is 7.24. The quantitative estimate of drug-likeness (QED) is 0.811. The summed E-state index contributed by atoms with van der Waals surface area (Å²) in [4.78, 5) is 14.6. The van der Waals surface area contributed by atoms with Gasteiger partial charge in [0, 0.05) is 25.1 Å². The summed E-state index contributed by atoms with van der Waals surface area (Å²) in [6.07, 6.45) is 3.98. The molecule has 1 saturated heterocycles. The largest absolute Gasteiger partial charge is 0.381 e. The number of hydrogen-bond donors (Lipinski definition) is 0. The molecular weight excluding hydrogens is 238 g/mol. The van der Waals surface area contributed by atoms with Crippen LogP contribution in [0.1, 0.15) is 24.8 Å². The Morgan fingerprint density at radius 1 is 1.21 bits per heavy atom. The SMILES string of the molecule is O=C(Cc1ccccc1)N(C[C@@H]1CCOC1)C1CC1. The van der Waals surface area contributed by atoms with Crippen molar-refractivity contribution in [1.29, 1.82) is 0 Å². The van der Waals surface area contributed by atoms with Crippen LogP contribution in [0.5, 0.6) is 0 Å². The van der Waals surface area contributed by atoms with E-state index >= 15 is 0 Å². The summed E-state index contributed by atoms with van der Waals surface area (Å²) in [6.45, 7) is 2.56. The van der Waals surface area contributed by atoms with Gasteiger partial charge < -0.3 is 9.64 Å². The van der Waals surface area contributed by atoms with Gasteiger partial charge in [0.2, 0.25) is 5.91 Å². The second-order valence-electron chi connectivity index (χ2n) is 5.67. The fourth-order valence-electron chi connectivity index (χ4n) is 2.72. The van der Waals surface area contributed by atoms with Crippen molar-refractivity contribution in [3.8, 4) is 0 Å². The first-order valence-corrected chi connectivity index (χ1v) is 7.24. The molecule has 1 aromatic rings. The lowest BCUT2D eigenvalue weighted by molar-refractivity contribution is -0.131. The fraction of sp³-hybridized carbons (Fsp3) is 0.562. The van der Waals surface area contributed by atoms with Crippen molar-refractivity contribution < 1.29 is 9.53 Å². The molecule has 1 aromatic carbocycles. The Balaban J connectivity index is 1.61. The molecule has 1 amide bonds. The van der Waals surface area contributed by atoms with Crippen LogP contribution in [-0.4, -0.2) is 36.6 Å². The molecule has 1 heterocycles. The minimum Gasteiger partial charge on any atom is -0.381 e. The number of rotatable bonds is 5. The summed E-state index contributed by atoms with van der Waals surface area (Å²) in [5.74, 6) is 0.820. The topological polar surface area (TPSA) is 29.5 Å². The van der Waals surface area contributed by atoms with E-state index in [0.29, 0.717) is 18.4 Å². The lowest BCUT2D eigenvalue weighted by Crippen LogP contribution is -2.38. The van der Waals surface area contributed by atoms with Crippen molar-refractivity contribution in [3.63, 3.8) is 0 Å². The van der Waals surface area contributed by atoms with Gasteiger partial charge in [-0.3, -0.25) is 4.79 Å². The molecule has 102 valence electrons. The van der Waals surface area contributed by atoms with E-state index in [1.165, 1.54) is 12.8 Å². The lowest BCUT2D eigenvalue weighted by atomic mass is 10.1. The number of carbonyl (C=O) groups excluding carboxylic acids is 1. The van der Waals surface area contributed by atoms with Crippen LogP contribution in [-0.2, 0) is 16.0 Å². The van der Waals surface area contributed by atoms with Gasteiger partial charge in [0.15, 0.2) is 0 Å². The Morgan fingerprint density at radius 3 is 2.63 bits per heavy atom. The van der Waals surface area contributed by atoms with Gasteiger partial charge in [0.1, 0.15) is 0 Å². The third-order valence-electron chi connectivity index (χ3n) is 3.99. The highest BCUT2D eigenvalue weighted by Gasteiger charge is 2.34. The minimum atomic E-state index is 0.278. The van der Waals surface area contributed by atoms with E-state index in [9.17, 15) is 4.79 Å². The van der Waals surface area contributed by atoms with Gasteiger partial charge in [-0.25, -0.2) is 0 Å². The maximum absolute atomic E-state index is 12.5. The second kappa shape index (κ2) is 5.74. The van der Waals surface area contributed by atoms with Crippen molar-refractivity contribution in [2.45, 2.75) is 31.7 Å². The number of ether oxygens (including phenoxy) is 1. The zero-order valence-electron chi connectivity index (χ0n) is 11.3. The van der Waals surface area contributed by atoms with E-state index in [1.807, 2.05) is 30.3 Å². The van der Waals surface area contributed by atoms with E-state index in [1.54, 1.807) is 0 Å². The van der Waals surface area contributed by atoms with E-state index in [-0.39, 0.29) is 5.91 Å². The summed E-state index contributed by atoms with van der Waals surface area (Å²) >= 11 is 0. The third kappa shape index (κ3) is 3.35. The van der Waals surface area contributed by atoms with Crippen LogP contribution < -0.4 is 0 Å². The normalized spacial score (nSPS) is 22.4. The molecule has 0 N–H and O–H groups in total. The molecule has 1 atom stereocenters. The van der Waals surface area contributed by atoms with Crippen LogP contribution in [0, 0.1) is 5.92 Å². The van der Waals surface area contributed by atoms with Gasteiger partial charge in [0.25, 0.3) is 0 Å². The molecule has 0 bridgehead atoms. The zero-order chi connectivity index (χ0) is 13.1. The maximum Gasteiger partial charge on any atom is 0.227 e. The molecule has 0 radical (unpaired) electrons. The molecule has 0 aromatic heterocycles. The monoisotopic (exact) mass is 259 g/mol. The number of hydrogen-bond acceptors (Lipinski definition) is 2. The summed E-state index contributed by atoms with van der Waals surface area (Å²) in [5.41, 5.74) is 1.11. The Morgan fingerprint density at radius 2 is 2.00 bits per heavy atom. The molecule has 2 fully saturated rings. The Hall–Kier alpha value is -1.35.